The monoisotopic (exact) mass is 264 g/mol. The molecule has 0 radical (unpaired) electrons. The van der Waals surface area contributed by atoms with E-state index in [1.807, 2.05) is 12.1 Å². The van der Waals surface area contributed by atoms with Crippen LogP contribution in [-0.4, -0.2) is 49.4 Å². The van der Waals surface area contributed by atoms with Gasteiger partial charge in [0.25, 0.3) is 0 Å². The van der Waals surface area contributed by atoms with Gasteiger partial charge in [-0.3, -0.25) is 4.90 Å². The molecule has 1 fully saturated rings. The SMILES string of the molecule is COc1ccccc1CN1CCCC(NCCO)C1. The Kier molecular flexibility index (Phi) is 5.63. The minimum absolute atomic E-state index is 0.211. The standard InChI is InChI=1S/C15H24N2O2/c1-19-15-7-3-2-5-13(15)11-17-9-4-6-14(12-17)16-8-10-18/h2-3,5,7,14,16,18H,4,6,8-12H2,1H3. The van der Waals surface area contributed by atoms with Crippen LogP contribution in [0, 0.1) is 0 Å². The van der Waals surface area contributed by atoms with Gasteiger partial charge in [0, 0.05) is 31.2 Å². The molecule has 2 rings (SSSR count). The lowest BCUT2D eigenvalue weighted by atomic mass is 10.0. The van der Waals surface area contributed by atoms with Gasteiger partial charge >= 0.3 is 0 Å². The highest BCUT2D eigenvalue weighted by Gasteiger charge is 2.20. The maximum absolute atomic E-state index is 8.87. The van der Waals surface area contributed by atoms with Crippen LogP contribution in [0.3, 0.4) is 0 Å². The van der Waals surface area contributed by atoms with E-state index in [0.717, 1.165) is 25.4 Å². The number of methoxy groups -OCH3 is 1. The molecule has 1 aromatic carbocycles. The molecule has 4 heteroatoms. The van der Waals surface area contributed by atoms with E-state index in [1.165, 1.54) is 18.4 Å². The summed E-state index contributed by atoms with van der Waals surface area (Å²) in [4.78, 5) is 2.45. The summed E-state index contributed by atoms with van der Waals surface area (Å²) in [6, 6.07) is 8.70. The summed E-state index contributed by atoms with van der Waals surface area (Å²) in [6.45, 7) is 4.00. The van der Waals surface area contributed by atoms with Gasteiger partial charge in [-0.1, -0.05) is 18.2 Å². The summed E-state index contributed by atoms with van der Waals surface area (Å²) < 4.78 is 5.40. The normalized spacial score (nSPS) is 20.4. The van der Waals surface area contributed by atoms with E-state index in [0.29, 0.717) is 12.6 Å². The molecule has 106 valence electrons. The third-order valence-corrected chi connectivity index (χ3v) is 3.64. The van der Waals surface area contributed by atoms with Crippen LogP contribution in [0.25, 0.3) is 0 Å². The van der Waals surface area contributed by atoms with Gasteiger partial charge in [-0.25, -0.2) is 0 Å². The number of para-hydroxylation sites is 1. The highest BCUT2D eigenvalue weighted by Crippen LogP contribution is 2.21. The summed E-state index contributed by atoms with van der Waals surface area (Å²) in [6.07, 6.45) is 2.40. The second-order valence-electron chi connectivity index (χ2n) is 5.06. The van der Waals surface area contributed by atoms with Crippen molar-refractivity contribution in [3.8, 4) is 5.75 Å². The van der Waals surface area contributed by atoms with E-state index in [4.69, 9.17) is 9.84 Å². The van der Waals surface area contributed by atoms with Crippen molar-refractivity contribution in [2.24, 2.45) is 0 Å². The third kappa shape index (κ3) is 4.20. The summed E-state index contributed by atoms with van der Waals surface area (Å²) >= 11 is 0. The van der Waals surface area contributed by atoms with E-state index in [-0.39, 0.29) is 6.61 Å². The van der Waals surface area contributed by atoms with Crippen LogP contribution in [0.15, 0.2) is 24.3 Å². The molecule has 1 unspecified atom stereocenters. The molecule has 0 saturated carbocycles. The van der Waals surface area contributed by atoms with Crippen molar-refractivity contribution in [1.29, 1.82) is 0 Å². The van der Waals surface area contributed by atoms with Crippen molar-refractivity contribution in [3.63, 3.8) is 0 Å². The predicted molar refractivity (Wildman–Crippen MR) is 76.4 cm³/mol. The van der Waals surface area contributed by atoms with Crippen LogP contribution in [0.1, 0.15) is 18.4 Å². The molecular weight excluding hydrogens is 240 g/mol. The highest BCUT2D eigenvalue weighted by molar-refractivity contribution is 5.33. The lowest BCUT2D eigenvalue weighted by Gasteiger charge is -2.33. The molecule has 2 N–H and O–H groups in total. The van der Waals surface area contributed by atoms with Crippen molar-refractivity contribution < 1.29 is 9.84 Å². The van der Waals surface area contributed by atoms with Crippen molar-refractivity contribution >= 4 is 0 Å². The number of aliphatic hydroxyl groups is 1. The molecule has 1 aliphatic heterocycles. The maximum atomic E-state index is 8.87. The molecule has 0 bridgehead atoms. The van der Waals surface area contributed by atoms with E-state index < -0.39 is 0 Å². The second kappa shape index (κ2) is 7.48. The van der Waals surface area contributed by atoms with Gasteiger partial charge in [0.05, 0.1) is 13.7 Å². The molecule has 19 heavy (non-hydrogen) atoms. The fraction of sp³-hybridized carbons (Fsp3) is 0.600. The zero-order chi connectivity index (χ0) is 13.5. The largest absolute Gasteiger partial charge is 0.496 e. The second-order valence-corrected chi connectivity index (χ2v) is 5.06. The van der Waals surface area contributed by atoms with Gasteiger partial charge in [-0.15, -0.1) is 0 Å². The molecule has 0 aliphatic carbocycles. The van der Waals surface area contributed by atoms with E-state index in [2.05, 4.69) is 22.3 Å². The third-order valence-electron chi connectivity index (χ3n) is 3.64. The summed E-state index contributed by atoms with van der Waals surface area (Å²) in [5.41, 5.74) is 1.24. The Balaban J connectivity index is 1.91. The first kappa shape index (κ1) is 14.3. The molecule has 1 aromatic rings. The van der Waals surface area contributed by atoms with Gasteiger partial charge in [-0.05, 0) is 25.5 Å². The number of hydrogen-bond donors (Lipinski definition) is 2. The number of nitrogens with one attached hydrogen (secondary N) is 1. The van der Waals surface area contributed by atoms with Gasteiger partial charge in [-0.2, -0.15) is 0 Å². The molecule has 0 aromatic heterocycles. The molecule has 4 nitrogen and oxygen atoms in total. The summed E-state index contributed by atoms with van der Waals surface area (Å²) in [5, 5.41) is 12.3. The fourth-order valence-corrected chi connectivity index (χ4v) is 2.71. The zero-order valence-corrected chi connectivity index (χ0v) is 11.6. The molecule has 1 aliphatic rings. The fourth-order valence-electron chi connectivity index (χ4n) is 2.71. The Bertz CT molecular complexity index is 384. The van der Waals surface area contributed by atoms with Crippen molar-refractivity contribution in [1.82, 2.24) is 10.2 Å². The van der Waals surface area contributed by atoms with Crippen molar-refractivity contribution in [2.75, 3.05) is 33.4 Å². The number of piperidine rings is 1. The maximum Gasteiger partial charge on any atom is 0.123 e. The van der Waals surface area contributed by atoms with Gasteiger partial charge < -0.3 is 15.2 Å². The Morgan fingerprint density at radius 1 is 1.42 bits per heavy atom. The van der Waals surface area contributed by atoms with Crippen molar-refractivity contribution in [3.05, 3.63) is 29.8 Å². The number of ether oxygens (including phenoxy) is 1. The molecule has 0 spiro atoms. The zero-order valence-electron chi connectivity index (χ0n) is 11.6. The lowest BCUT2D eigenvalue weighted by Crippen LogP contribution is -2.46. The van der Waals surface area contributed by atoms with Crippen LogP contribution in [0.2, 0.25) is 0 Å². The lowest BCUT2D eigenvalue weighted by molar-refractivity contribution is 0.175. The first-order chi connectivity index (χ1) is 9.33. The predicted octanol–water partition coefficient (Wildman–Crippen LogP) is 1.24. The van der Waals surface area contributed by atoms with E-state index >= 15 is 0 Å². The average Bonchev–Trinajstić information content (AvgIpc) is 2.46. The number of hydrogen-bond acceptors (Lipinski definition) is 4. The average molecular weight is 264 g/mol. The first-order valence-corrected chi connectivity index (χ1v) is 7.02. The topological polar surface area (TPSA) is 44.7 Å². The number of rotatable bonds is 6. The quantitative estimate of drug-likeness (QED) is 0.811. The molecule has 1 heterocycles. The van der Waals surface area contributed by atoms with Crippen LogP contribution < -0.4 is 10.1 Å². The highest BCUT2D eigenvalue weighted by atomic mass is 16.5. The number of aliphatic hydroxyl groups excluding tert-OH is 1. The van der Waals surface area contributed by atoms with Gasteiger partial charge in [0.1, 0.15) is 5.75 Å². The molecular formula is C15H24N2O2. The Morgan fingerprint density at radius 2 is 2.26 bits per heavy atom. The van der Waals surface area contributed by atoms with Crippen molar-refractivity contribution in [2.45, 2.75) is 25.4 Å². The molecule has 1 atom stereocenters. The van der Waals surface area contributed by atoms with Crippen LogP contribution in [0.4, 0.5) is 0 Å². The minimum Gasteiger partial charge on any atom is -0.496 e. The first-order valence-electron chi connectivity index (χ1n) is 7.02. The van der Waals surface area contributed by atoms with E-state index in [9.17, 15) is 0 Å². The number of likely N-dealkylation sites (tertiary alicyclic amines) is 1. The Morgan fingerprint density at radius 3 is 3.05 bits per heavy atom. The summed E-state index contributed by atoms with van der Waals surface area (Å²) in [5.74, 6) is 0.966. The van der Waals surface area contributed by atoms with E-state index in [1.54, 1.807) is 7.11 Å². The van der Waals surface area contributed by atoms with Gasteiger partial charge in [0.15, 0.2) is 0 Å². The number of nitrogens with zero attached hydrogens (tertiary/aromatic N) is 1. The Hall–Kier alpha value is -1.10. The summed E-state index contributed by atoms with van der Waals surface area (Å²) in [7, 11) is 1.72. The van der Waals surface area contributed by atoms with Crippen LogP contribution in [0.5, 0.6) is 5.75 Å². The Labute approximate surface area is 115 Å². The van der Waals surface area contributed by atoms with Crippen LogP contribution in [-0.2, 0) is 6.54 Å². The smallest absolute Gasteiger partial charge is 0.123 e. The molecule has 0 amide bonds. The molecule has 1 saturated heterocycles. The van der Waals surface area contributed by atoms with Crippen LogP contribution >= 0.6 is 0 Å². The minimum atomic E-state index is 0.211. The van der Waals surface area contributed by atoms with Gasteiger partial charge in [0.2, 0.25) is 0 Å². The number of benzene rings is 1.